The third-order valence-electron chi connectivity index (χ3n) is 5.78. The molecule has 3 fully saturated rings. The Morgan fingerprint density at radius 3 is 2.62 bits per heavy atom. The van der Waals surface area contributed by atoms with Crippen LogP contribution in [0.2, 0.25) is 0 Å². The Kier molecular flexibility index (Phi) is 2.56. The highest BCUT2D eigenvalue weighted by Crippen LogP contribution is 2.51. The van der Waals surface area contributed by atoms with Gasteiger partial charge in [0.15, 0.2) is 0 Å². The van der Waals surface area contributed by atoms with Crippen molar-refractivity contribution in [1.82, 2.24) is 4.90 Å². The van der Waals surface area contributed by atoms with Gasteiger partial charge in [0.05, 0.1) is 0 Å². The van der Waals surface area contributed by atoms with E-state index in [4.69, 9.17) is 5.73 Å². The van der Waals surface area contributed by atoms with E-state index in [1.807, 2.05) is 0 Å². The summed E-state index contributed by atoms with van der Waals surface area (Å²) < 4.78 is 0. The van der Waals surface area contributed by atoms with Gasteiger partial charge >= 0.3 is 0 Å². The number of nitrogens with zero attached hydrogens (tertiary/aromatic N) is 1. The van der Waals surface area contributed by atoms with E-state index >= 15 is 0 Å². The zero-order valence-electron chi connectivity index (χ0n) is 10.8. The molecule has 1 saturated heterocycles. The van der Waals surface area contributed by atoms with Gasteiger partial charge in [-0.25, -0.2) is 0 Å². The molecule has 2 aliphatic carbocycles. The van der Waals surface area contributed by atoms with Gasteiger partial charge in [-0.1, -0.05) is 13.3 Å². The minimum atomic E-state index is 0.489. The van der Waals surface area contributed by atoms with Gasteiger partial charge in [0.1, 0.15) is 0 Å². The van der Waals surface area contributed by atoms with Crippen LogP contribution in [0.25, 0.3) is 0 Å². The highest BCUT2D eigenvalue weighted by molar-refractivity contribution is 5.02. The number of fused-ring (bicyclic) bond motifs is 1. The van der Waals surface area contributed by atoms with Crippen molar-refractivity contribution < 1.29 is 0 Å². The van der Waals surface area contributed by atoms with Crippen LogP contribution in [0, 0.1) is 17.3 Å². The molecule has 3 rings (SSSR count). The maximum Gasteiger partial charge on any atom is 0.0121 e. The van der Waals surface area contributed by atoms with E-state index in [9.17, 15) is 0 Å². The molecule has 0 radical (unpaired) electrons. The summed E-state index contributed by atoms with van der Waals surface area (Å²) in [5.41, 5.74) is 6.92. The van der Waals surface area contributed by atoms with Gasteiger partial charge in [-0.3, -0.25) is 4.90 Å². The Labute approximate surface area is 99.6 Å². The molecule has 3 aliphatic rings. The van der Waals surface area contributed by atoms with E-state index < -0.39 is 0 Å². The molecule has 2 nitrogen and oxygen atoms in total. The third-order valence-corrected chi connectivity index (χ3v) is 5.78. The number of hydrogen-bond donors (Lipinski definition) is 1. The van der Waals surface area contributed by atoms with Gasteiger partial charge in [-0.2, -0.15) is 0 Å². The predicted octanol–water partition coefficient (Wildman–Crippen LogP) is 2.23. The molecule has 2 saturated carbocycles. The second-order valence-corrected chi connectivity index (χ2v) is 6.80. The predicted molar refractivity (Wildman–Crippen MR) is 67.2 cm³/mol. The van der Waals surface area contributed by atoms with Crippen molar-refractivity contribution in [3.05, 3.63) is 0 Å². The van der Waals surface area contributed by atoms with Gasteiger partial charge in [0.25, 0.3) is 0 Å². The van der Waals surface area contributed by atoms with Crippen molar-refractivity contribution in [2.24, 2.45) is 23.0 Å². The van der Waals surface area contributed by atoms with Crippen molar-refractivity contribution >= 4 is 0 Å². The molecule has 4 unspecified atom stereocenters. The molecule has 0 aromatic carbocycles. The summed E-state index contributed by atoms with van der Waals surface area (Å²) in [7, 11) is 0. The lowest BCUT2D eigenvalue weighted by molar-refractivity contribution is 0.175. The van der Waals surface area contributed by atoms with Crippen LogP contribution in [-0.2, 0) is 0 Å². The molecule has 4 atom stereocenters. The van der Waals surface area contributed by atoms with Crippen molar-refractivity contribution in [3.8, 4) is 0 Å². The van der Waals surface area contributed by atoms with Crippen LogP contribution in [-0.4, -0.2) is 30.1 Å². The molecule has 0 aromatic rings. The van der Waals surface area contributed by atoms with Gasteiger partial charge in [0.2, 0.25) is 0 Å². The lowest BCUT2D eigenvalue weighted by Crippen LogP contribution is -2.40. The van der Waals surface area contributed by atoms with Crippen molar-refractivity contribution in [2.45, 2.75) is 58.0 Å². The van der Waals surface area contributed by atoms with Crippen LogP contribution >= 0.6 is 0 Å². The first kappa shape index (κ1) is 11.0. The first-order valence-electron chi connectivity index (χ1n) is 7.10. The van der Waals surface area contributed by atoms with E-state index in [1.165, 1.54) is 45.2 Å². The first-order valence-corrected chi connectivity index (χ1v) is 7.10. The molecule has 0 amide bonds. The summed E-state index contributed by atoms with van der Waals surface area (Å²) in [4.78, 5) is 2.74. The van der Waals surface area contributed by atoms with Crippen LogP contribution < -0.4 is 5.73 Å². The van der Waals surface area contributed by atoms with Gasteiger partial charge < -0.3 is 5.73 Å². The monoisotopic (exact) mass is 222 g/mol. The van der Waals surface area contributed by atoms with E-state index in [-0.39, 0.29) is 0 Å². The summed E-state index contributed by atoms with van der Waals surface area (Å²) in [6.45, 7) is 7.51. The maximum absolute atomic E-state index is 6.28. The zero-order chi connectivity index (χ0) is 11.3. The minimum absolute atomic E-state index is 0.489. The molecule has 0 aromatic heterocycles. The topological polar surface area (TPSA) is 29.3 Å². The Bertz CT molecular complexity index is 272. The molecule has 2 heteroatoms. The Morgan fingerprint density at radius 1 is 1.25 bits per heavy atom. The van der Waals surface area contributed by atoms with E-state index in [0.717, 1.165) is 17.9 Å². The van der Waals surface area contributed by atoms with Crippen LogP contribution in [0.4, 0.5) is 0 Å². The molecule has 0 spiro atoms. The van der Waals surface area contributed by atoms with Crippen molar-refractivity contribution in [2.75, 3.05) is 13.1 Å². The lowest BCUT2D eigenvalue weighted by Gasteiger charge is -2.30. The van der Waals surface area contributed by atoms with Gasteiger partial charge in [-0.15, -0.1) is 0 Å². The number of rotatable bonds is 2. The highest BCUT2D eigenvalue weighted by Gasteiger charge is 2.48. The fraction of sp³-hybridized carbons (Fsp3) is 1.00. The number of likely N-dealkylation sites (tertiary alicyclic amines) is 1. The third kappa shape index (κ3) is 1.70. The lowest BCUT2D eigenvalue weighted by atomic mass is 9.78. The fourth-order valence-corrected chi connectivity index (χ4v) is 3.92. The Morgan fingerprint density at radius 2 is 2.00 bits per heavy atom. The van der Waals surface area contributed by atoms with E-state index in [1.54, 1.807) is 0 Å². The quantitative estimate of drug-likeness (QED) is 0.776. The maximum atomic E-state index is 6.28. The van der Waals surface area contributed by atoms with E-state index in [2.05, 4.69) is 18.7 Å². The summed E-state index contributed by atoms with van der Waals surface area (Å²) in [5, 5.41) is 0. The summed E-state index contributed by atoms with van der Waals surface area (Å²) in [5.74, 6) is 1.71. The SMILES string of the molecule is CC(N1CC2CCCC(N)C2C1)C1(C)CC1. The molecule has 1 aliphatic heterocycles. The van der Waals surface area contributed by atoms with Crippen LogP contribution in [0.1, 0.15) is 46.0 Å². The highest BCUT2D eigenvalue weighted by atomic mass is 15.2. The standard InChI is InChI=1S/C14H26N2/c1-10(14(2)6-7-14)16-8-11-4-3-5-13(15)12(11)9-16/h10-13H,3-9,15H2,1-2H3. The average Bonchev–Trinajstić information content (AvgIpc) is 2.86. The summed E-state index contributed by atoms with van der Waals surface area (Å²) in [6, 6.07) is 1.27. The molecule has 1 heterocycles. The van der Waals surface area contributed by atoms with Crippen LogP contribution in [0.5, 0.6) is 0 Å². The van der Waals surface area contributed by atoms with Crippen molar-refractivity contribution in [1.29, 1.82) is 0 Å². The first-order chi connectivity index (χ1) is 7.60. The molecular weight excluding hydrogens is 196 g/mol. The molecule has 0 bridgehead atoms. The average molecular weight is 222 g/mol. The summed E-state index contributed by atoms with van der Waals surface area (Å²) in [6.07, 6.45) is 6.93. The fourth-order valence-electron chi connectivity index (χ4n) is 3.92. The van der Waals surface area contributed by atoms with E-state index in [0.29, 0.717) is 11.5 Å². The van der Waals surface area contributed by atoms with Crippen molar-refractivity contribution in [3.63, 3.8) is 0 Å². The minimum Gasteiger partial charge on any atom is -0.327 e. The number of nitrogens with two attached hydrogens (primary N) is 1. The molecular formula is C14H26N2. The zero-order valence-corrected chi connectivity index (χ0v) is 10.8. The smallest absolute Gasteiger partial charge is 0.0121 e. The Balaban J connectivity index is 1.67. The van der Waals surface area contributed by atoms with Gasteiger partial charge in [-0.05, 0) is 49.9 Å². The number of hydrogen-bond acceptors (Lipinski definition) is 2. The largest absolute Gasteiger partial charge is 0.327 e. The summed E-state index contributed by atoms with van der Waals surface area (Å²) >= 11 is 0. The Hall–Kier alpha value is -0.0800. The van der Waals surface area contributed by atoms with Crippen LogP contribution in [0.15, 0.2) is 0 Å². The second kappa shape index (κ2) is 3.71. The van der Waals surface area contributed by atoms with Crippen LogP contribution in [0.3, 0.4) is 0 Å². The van der Waals surface area contributed by atoms with Gasteiger partial charge in [0, 0.05) is 25.2 Å². The second-order valence-electron chi connectivity index (χ2n) is 6.80. The molecule has 16 heavy (non-hydrogen) atoms. The molecule has 2 N–H and O–H groups in total. The normalized spacial score (nSPS) is 44.1. The molecule has 92 valence electrons.